The van der Waals surface area contributed by atoms with Crippen molar-refractivity contribution in [1.82, 2.24) is 9.99 Å². The van der Waals surface area contributed by atoms with Crippen molar-refractivity contribution in [3.8, 4) is 0 Å². The highest BCUT2D eigenvalue weighted by Gasteiger charge is 2.34. The van der Waals surface area contributed by atoms with Gasteiger partial charge in [0.05, 0.1) is 22.7 Å². The number of alkyl halides is 3. The largest absolute Gasteiger partial charge is 0.416 e. The van der Waals surface area contributed by atoms with Crippen molar-refractivity contribution in [2.45, 2.75) is 17.0 Å². The van der Waals surface area contributed by atoms with Crippen LogP contribution in [0.1, 0.15) is 28.3 Å². The number of amidine groups is 1. The summed E-state index contributed by atoms with van der Waals surface area (Å²) in [5.74, 6) is -0.844. The van der Waals surface area contributed by atoms with E-state index >= 15 is 0 Å². The molecule has 0 spiro atoms. The maximum Gasteiger partial charge on any atom is 0.416 e. The van der Waals surface area contributed by atoms with Gasteiger partial charge in [-0.3, -0.25) is 4.98 Å². The molecule has 0 saturated carbocycles. The van der Waals surface area contributed by atoms with E-state index in [0.29, 0.717) is 22.9 Å². The number of halogens is 4. The summed E-state index contributed by atoms with van der Waals surface area (Å²) >= 11 is 6.10. The number of nitrogens with zero attached hydrogens (tertiary/aromatic N) is 5. The van der Waals surface area contributed by atoms with Crippen LogP contribution in [0.15, 0.2) is 123 Å². The van der Waals surface area contributed by atoms with E-state index < -0.39 is 26.7 Å². The van der Waals surface area contributed by atoms with Crippen LogP contribution in [0.5, 0.6) is 0 Å². The third-order valence-corrected chi connectivity index (χ3v) is 7.84. The minimum absolute atomic E-state index is 0.136. The molecule has 0 bridgehead atoms. The van der Waals surface area contributed by atoms with Gasteiger partial charge in [-0.05, 0) is 59.7 Å². The molecule has 1 atom stereocenters. The molecule has 214 valence electrons. The normalized spacial score (nSPS) is 16.4. The number of hydrogen-bond acceptors (Lipinski definition) is 4. The number of hydrazone groups is 1. The first-order valence-corrected chi connectivity index (χ1v) is 14.3. The zero-order chi connectivity index (χ0) is 29.9. The summed E-state index contributed by atoms with van der Waals surface area (Å²) in [7, 11) is -4.55. The SMILES string of the molecule is N/C(=N\C(=N/S(=O)(=O)c1ccc(C(F)(F)F)cc1)N1C[C@H](c2ccccc2)C(c2ccc(Cl)cc2)=N1)c1ccccn1. The van der Waals surface area contributed by atoms with Gasteiger partial charge in [-0.2, -0.15) is 31.7 Å². The Balaban J connectivity index is 1.62. The molecule has 13 heteroatoms. The second-order valence-corrected chi connectivity index (χ2v) is 11.2. The Morgan fingerprint density at radius 1 is 0.929 bits per heavy atom. The zero-order valence-electron chi connectivity index (χ0n) is 21.6. The monoisotopic (exact) mass is 610 g/mol. The van der Waals surface area contributed by atoms with Gasteiger partial charge in [0.1, 0.15) is 5.69 Å². The molecule has 5 rings (SSSR count). The highest BCUT2D eigenvalue weighted by molar-refractivity contribution is 7.90. The van der Waals surface area contributed by atoms with Gasteiger partial charge in [0.25, 0.3) is 16.0 Å². The van der Waals surface area contributed by atoms with Crippen LogP contribution in [0.4, 0.5) is 13.2 Å². The van der Waals surface area contributed by atoms with Gasteiger partial charge in [-0.15, -0.1) is 4.40 Å². The smallest absolute Gasteiger partial charge is 0.382 e. The predicted octanol–water partition coefficient (Wildman–Crippen LogP) is 5.71. The maximum absolute atomic E-state index is 13.3. The number of aromatic nitrogens is 1. The molecule has 0 unspecified atom stereocenters. The molecule has 8 nitrogen and oxygen atoms in total. The Bertz CT molecular complexity index is 1760. The van der Waals surface area contributed by atoms with Gasteiger partial charge in [0.2, 0.25) is 0 Å². The van der Waals surface area contributed by atoms with Crippen molar-refractivity contribution in [3.63, 3.8) is 0 Å². The molecular weight excluding hydrogens is 589 g/mol. The van der Waals surface area contributed by atoms with Crippen molar-refractivity contribution in [3.05, 3.63) is 131 Å². The van der Waals surface area contributed by atoms with E-state index in [2.05, 4.69) is 14.4 Å². The van der Waals surface area contributed by atoms with Crippen molar-refractivity contribution < 1.29 is 21.6 Å². The molecule has 42 heavy (non-hydrogen) atoms. The summed E-state index contributed by atoms with van der Waals surface area (Å²) in [5, 5.41) is 6.53. The summed E-state index contributed by atoms with van der Waals surface area (Å²) in [5.41, 5.74) is 7.70. The molecule has 0 aliphatic carbocycles. The van der Waals surface area contributed by atoms with Crippen LogP contribution in [0.2, 0.25) is 5.02 Å². The Morgan fingerprint density at radius 3 is 2.21 bits per heavy atom. The van der Waals surface area contributed by atoms with Crippen LogP contribution in [0.25, 0.3) is 0 Å². The summed E-state index contributed by atoms with van der Waals surface area (Å²) in [4.78, 5) is 7.97. The minimum Gasteiger partial charge on any atom is -0.382 e. The molecular formula is C29H22ClF3N6O2S. The Labute approximate surface area is 244 Å². The van der Waals surface area contributed by atoms with E-state index in [4.69, 9.17) is 22.4 Å². The van der Waals surface area contributed by atoms with Crippen molar-refractivity contribution in [2.75, 3.05) is 6.54 Å². The minimum atomic E-state index is -4.63. The second-order valence-electron chi connectivity index (χ2n) is 9.14. The molecule has 0 radical (unpaired) electrons. The first kappa shape index (κ1) is 29.0. The van der Waals surface area contributed by atoms with Gasteiger partial charge >= 0.3 is 6.18 Å². The lowest BCUT2D eigenvalue weighted by atomic mass is 9.91. The quantitative estimate of drug-likeness (QED) is 0.230. The fraction of sp³-hybridized carbons (Fsp3) is 0.103. The Morgan fingerprint density at radius 2 is 1.60 bits per heavy atom. The van der Waals surface area contributed by atoms with E-state index in [0.717, 1.165) is 23.3 Å². The van der Waals surface area contributed by atoms with Crippen molar-refractivity contribution in [2.24, 2.45) is 20.2 Å². The number of nitrogens with two attached hydrogens (primary N) is 1. The highest BCUT2D eigenvalue weighted by atomic mass is 35.5. The lowest BCUT2D eigenvalue weighted by Gasteiger charge is -2.16. The molecule has 2 heterocycles. The molecule has 4 aromatic rings. The van der Waals surface area contributed by atoms with E-state index in [-0.39, 0.29) is 30.0 Å². The summed E-state index contributed by atoms with van der Waals surface area (Å²) in [6.07, 6.45) is -3.14. The van der Waals surface area contributed by atoms with Crippen LogP contribution >= 0.6 is 11.6 Å². The lowest BCUT2D eigenvalue weighted by molar-refractivity contribution is -0.137. The average molecular weight is 611 g/mol. The van der Waals surface area contributed by atoms with Gasteiger partial charge in [-0.25, -0.2) is 5.01 Å². The van der Waals surface area contributed by atoms with Crippen LogP contribution in [0, 0.1) is 0 Å². The van der Waals surface area contributed by atoms with E-state index in [1.54, 1.807) is 42.5 Å². The standard InChI is InChI=1S/C29H22ClF3N6O2S/c30-22-13-9-20(10-14-22)26-24(19-6-2-1-3-7-19)18-39(37-26)28(36-27(34)25-8-4-5-17-35-25)38-42(40,41)23-15-11-21(12-16-23)29(31,32)33/h1-17,24H,18H2,(H2,34,36,38)/t24-/m1/s1. The van der Waals surface area contributed by atoms with E-state index in [1.165, 1.54) is 11.2 Å². The fourth-order valence-electron chi connectivity index (χ4n) is 4.24. The third-order valence-electron chi connectivity index (χ3n) is 6.32. The molecule has 1 aliphatic rings. The number of hydrogen-bond donors (Lipinski definition) is 1. The predicted molar refractivity (Wildman–Crippen MR) is 155 cm³/mol. The van der Waals surface area contributed by atoms with Gasteiger partial charge in [-0.1, -0.05) is 60.1 Å². The lowest BCUT2D eigenvalue weighted by Crippen LogP contribution is -2.28. The van der Waals surface area contributed by atoms with Gasteiger partial charge < -0.3 is 5.73 Å². The molecule has 0 saturated heterocycles. The highest BCUT2D eigenvalue weighted by Crippen LogP contribution is 2.32. The van der Waals surface area contributed by atoms with Crippen molar-refractivity contribution in [1.29, 1.82) is 0 Å². The van der Waals surface area contributed by atoms with E-state index in [1.807, 2.05) is 30.3 Å². The molecule has 0 fully saturated rings. The first-order chi connectivity index (χ1) is 20.0. The van der Waals surface area contributed by atoms with Crippen molar-refractivity contribution >= 4 is 39.1 Å². The first-order valence-electron chi connectivity index (χ1n) is 12.5. The Kier molecular flexibility index (Phi) is 8.10. The van der Waals surface area contributed by atoms with Gasteiger partial charge in [0, 0.05) is 17.1 Å². The van der Waals surface area contributed by atoms with Crippen LogP contribution in [-0.4, -0.2) is 42.5 Å². The topological polar surface area (TPSA) is 113 Å². The average Bonchev–Trinajstić information content (AvgIpc) is 3.43. The number of rotatable bonds is 5. The van der Waals surface area contributed by atoms with Crippen LogP contribution < -0.4 is 5.73 Å². The summed E-state index contributed by atoms with van der Waals surface area (Å²) in [6, 6.07) is 24.4. The van der Waals surface area contributed by atoms with Crippen LogP contribution in [-0.2, 0) is 16.2 Å². The molecule has 3 aromatic carbocycles. The number of benzene rings is 3. The number of guanidine groups is 1. The number of pyridine rings is 1. The maximum atomic E-state index is 13.3. The third kappa shape index (κ3) is 6.50. The number of aliphatic imine (C=N–C) groups is 1. The molecule has 1 aromatic heterocycles. The number of sulfonamides is 1. The molecule has 0 amide bonds. The summed E-state index contributed by atoms with van der Waals surface area (Å²) in [6.45, 7) is 0.141. The summed E-state index contributed by atoms with van der Waals surface area (Å²) < 4.78 is 69.8. The van der Waals surface area contributed by atoms with E-state index in [9.17, 15) is 21.6 Å². The Hall–Kier alpha value is -4.55. The van der Waals surface area contributed by atoms with Gasteiger partial charge in [0.15, 0.2) is 5.84 Å². The van der Waals surface area contributed by atoms with Crippen LogP contribution in [0.3, 0.4) is 0 Å². The molecule has 1 aliphatic heterocycles. The molecule has 2 N–H and O–H groups in total. The second kappa shape index (κ2) is 11.7. The fourth-order valence-corrected chi connectivity index (χ4v) is 5.30. The zero-order valence-corrected chi connectivity index (χ0v) is 23.2.